The van der Waals surface area contributed by atoms with Gasteiger partial charge in [-0.3, -0.25) is 24.5 Å². The third-order valence-corrected chi connectivity index (χ3v) is 6.13. The molecule has 0 N–H and O–H groups in total. The lowest BCUT2D eigenvalue weighted by Crippen LogP contribution is -2.44. The molecule has 166 valence electrons. The molecule has 0 bridgehead atoms. The van der Waals surface area contributed by atoms with Crippen molar-refractivity contribution in [2.75, 3.05) is 0 Å². The number of carbonyl (C=O) groups excluding carboxylic acids is 1. The first kappa shape index (κ1) is 21.9. The van der Waals surface area contributed by atoms with Crippen molar-refractivity contribution in [2.45, 2.75) is 65.1 Å². The predicted octanol–water partition coefficient (Wildman–Crippen LogP) is 3.67. The van der Waals surface area contributed by atoms with E-state index in [9.17, 15) is 9.59 Å². The lowest BCUT2D eigenvalue weighted by Gasteiger charge is -2.34. The topological polar surface area (TPSA) is 81.0 Å². The number of aromatic nitrogens is 4. The number of rotatable bonds is 6. The minimum Gasteiger partial charge on any atom is -0.331 e. The number of pyridine rings is 2. The maximum absolute atomic E-state index is 13.8. The van der Waals surface area contributed by atoms with Crippen molar-refractivity contribution < 1.29 is 4.79 Å². The van der Waals surface area contributed by atoms with E-state index in [1.165, 1.54) is 6.42 Å². The molecule has 32 heavy (non-hydrogen) atoms. The summed E-state index contributed by atoms with van der Waals surface area (Å²) in [5.74, 6) is -0.194. The van der Waals surface area contributed by atoms with Crippen LogP contribution in [0.4, 0.5) is 0 Å². The van der Waals surface area contributed by atoms with E-state index < -0.39 is 0 Å². The molecule has 0 unspecified atom stereocenters. The monoisotopic (exact) mass is 431 g/mol. The summed E-state index contributed by atoms with van der Waals surface area (Å²) in [6.45, 7) is 4.45. The molecule has 4 rings (SSSR count). The fraction of sp³-hybridized carbons (Fsp3) is 0.400. The van der Waals surface area contributed by atoms with Crippen LogP contribution in [0.5, 0.6) is 0 Å². The lowest BCUT2D eigenvalue weighted by atomic mass is 9.93. The molecule has 1 aliphatic rings. The molecule has 0 aromatic carbocycles. The summed E-state index contributed by atoms with van der Waals surface area (Å²) in [5, 5.41) is 0. The largest absolute Gasteiger partial charge is 0.331 e. The minimum absolute atomic E-state index is 0.139. The summed E-state index contributed by atoms with van der Waals surface area (Å²) >= 11 is 0. The van der Waals surface area contributed by atoms with Crippen LogP contribution in [0, 0.1) is 13.8 Å². The van der Waals surface area contributed by atoms with Crippen LogP contribution >= 0.6 is 0 Å². The Bertz CT molecular complexity index is 1120. The molecule has 1 aliphatic carbocycles. The highest BCUT2D eigenvalue weighted by Crippen LogP contribution is 2.25. The Morgan fingerprint density at radius 2 is 1.81 bits per heavy atom. The summed E-state index contributed by atoms with van der Waals surface area (Å²) in [6, 6.07) is 5.83. The molecular weight excluding hydrogens is 402 g/mol. The first-order chi connectivity index (χ1) is 15.5. The molecule has 3 aromatic heterocycles. The van der Waals surface area contributed by atoms with Crippen LogP contribution in [0.3, 0.4) is 0 Å². The quantitative estimate of drug-likeness (QED) is 0.595. The zero-order valence-corrected chi connectivity index (χ0v) is 18.7. The second-order valence-electron chi connectivity index (χ2n) is 8.54. The van der Waals surface area contributed by atoms with E-state index in [0.29, 0.717) is 17.8 Å². The van der Waals surface area contributed by atoms with Gasteiger partial charge in [-0.2, -0.15) is 0 Å². The van der Waals surface area contributed by atoms with Gasteiger partial charge < -0.3 is 9.47 Å². The van der Waals surface area contributed by atoms with Gasteiger partial charge in [-0.15, -0.1) is 0 Å². The second kappa shape index (κ2) is 9.85. The van der Waals surface area contributed by atoms with Gasteiger partial charge in [0.2, 0.25) is 0 Å². The van der Waals surface area contributed by atoms with E-state index in [1.807, 2.05) is 36.9 Å². The summed E-state index contributed by atoms with van der Waals surface area (Å²) in [7, 11) is 0. The molecule has 1 fully saturated rings. The van der Waals surface area contributed by atoms with Crippen LogP contribution in [0.25, 0.3) is 0 Å². The summed E-state index contributed by atoms with van der Waals surface area (Å²) < 4.78 is 1.55. The third kappa shape index (κ3) is 4.93. The summed E-state index contributed by atoms with van der Waals surface area (Å²) in [4.78, 5) is 41.8. The van der Waals surface area contributed by atoms with E-state index in [-0.39, 0.29) is 29.6 Å². The van der Waals surface area contributed by atoms with Crippen molar-refractivity contribution >= 4 is 5.91 Å². The average Bonchev–Trinajstić information content (AvgIpc) is 2.82. The zero-order chi connectivity index (χ0) is 22.5. The molecule has 0 radical (unpaired) electrons. The number of aryl methyl sites for hydroxylation is 2. The second-order valence-corrected chi connectivity index (χ2v) is 8.54. The van der Waals surface area contributed by atoms with Gasteiger partial charge in [0.05, 0.1) is 24.1 Å². The van der Waals surface area contributed by atoms with Crippen LogP contribution in [0.1, 0.15) is 65.0 Å². The molecule has 7 nitrogen and oxygen atoms in total. The maximum Gasteiger partial charge on any atom is 0.264 e. The van der Waals surface area contributed by atoms with Gasteiger partial charge in [0.1, 0.15) is 5.56 Å². The maximum atomic E-state index is 13.8. The highest BCUT2D eigenvalue weighted by Gasteiger charge is 2.29. The van der Waals surface area contributed by atoms with Gasteiger partial charge in [-0.1, -0.05) is 19.3 Å². The molecule has 3 heterocycles. The van der Waals surface area contributed by atoms with Gasteiger partial charge in [0.15, 0.2) is 0 Å². The standard InChI is InChI=1S/C25H29N5O2/c1-18-10-13-29(17-21-15-27-19(2)14-28-21)24(31)23(18)25(32)30(22-6-4-3-5-7-22)16-20-8-11-26-12-9-20/h8-15,22H,3-7,16-17H2,1-2H3. The Hall–Kier alpha value is -3.35. The zero-order valence-electron chi connectivity index (χ0n) is 18.7. The molecule has 1 saturated carbocycles. The SMILES string of the molecule is Cc1cnc(Cn2ccc(C)c(C(=O)N(Cc3ccncc3)C3CCCCC3)c2=O)cn1. The molecule has 7 heteroatoms. The third-order valence-electron chi connectivity index (χ3n) is 6.13. The highest BCUT2D eigenvalue weighted by atomic mass is 16.2. The molecule has 0 spiro atoms. The van der Waals surface area contributed by atoms with E-state index >= 15 is 0 Å². The normalized spacial score (nSPS) is 14.3. The van der Waals surface area contributed by atoms with Crippen molar-refractivity contribution in [1.29, 1.82) is 0 Å². The van der Waals surface area contributed by atoms with Crippen molar-refractivity contribution in [1.82, 2.24) is 24.4 Å². The molecule has 0 aliphatic heterocycles. The Balaban J connectivity index is 1.67. The van der Waals surface area contributed by atoms with Gasteiger partial charge in [-0.05, 0) is 56.0 Å². The first-order valence-corrected chi connectivity index (χ1v) is 11.2. The Kier molecular flexibility index (Phi) is 6.73. The number of carbonyl (C=O) groups is 1. The van der Waals surface area contributed by atoms with Crippen LogP contribution in [0.2, 0.25) is 0 Å². The van der Waals surface area contributed by atoms with Crippen molar-refractivity contribution in [3.63, 3.8) is 0 Å². The number of nitrogens with zero attached hydrogens (tertiary/aromatic N) is 5. The van der Waals surface area contributed by atoms with Crippen LogP contribution < -0.4 is 5.56 Å². The van der Waals surface area contributed by atoms with E-state index in [4.69, 9.17) is 0 Å². The summed E-state index contributed by atoms with van der Waals surface area (Å²) in [6.07, 6.45) is 13.9. The predicted molar refractivity (Wildman–Crippen MR) is 122 cm³/mol. The van der Waals surface area contributed by atoms with E-state index in [0.717, 1.165) is 36.9 Å². The Morgan fingerprint density at radius 3 is 2.50 bits per heavy atom. The number of hydrogen-bond donors (Lipinski definition) is 0. The molecule has 0 atom stereocenters. The lowest BCUT2D eigenvalue weighted by molar-refractivity contribution is 0.0611. The molecular formula is C25H29N5O2. The van der Waals surface area contributed by atoms with Crippen LogP contribution in [-0.2, 0) is 13.1 Å². The van der Waals surface area contributed by atoms with E-state index in [1.54, 1.807) is 35.6 Å². The number of hydrogen-bond acceptors (Lipinski definition) is 5. The fourth-order valence-corrected chi connectivity index (χ4v) is 4.31. The molecule has 3 aromatic rings. The highest BCUT2D eigenvalue weighted by molar-refractivity contribution is 5.95. The van der Waals surface area contributed by atoms with Gasteiger partial charge in [0.25, 0.3) is 11.5 Å². The average molecular weight is 432 g/mol. The molecule has 1 amide bonds. The van der Waals surface area contributed by atoms with Crippen LogP contribution in [-0.4, -0.2) is 36.4 Å². The van der Waals surface area contributed by atoms with Crippen LogP contribution in [0.15, 0.2) is 54.0 Å². The Morgan fingerprint density at radius 1 is 1.06 bits per heavy atom. The first-order valence-electron chi connectivity index (χ1n) is 11.2. The van der Waals surface area contributed by atoms with Crippen molar-refractivity contribution in [3.8, 4) is 0 Å². The number of amides is 1. The van der Waals surface area contributed by atoms with Crippen molar-refractivity contribution in [3.05, 3.63) is 87.6 Å². The minimum atomic E-state index is -0.284. The fourth-order valence-electron chi connectivity index (χ4n) is 4.31. The van der Waals surface area contributed by atoms with E-state index in [2.05, 4.69) is 15.0 Å². The Labute approximate surface area is 188 Å². The molecule has 0 saturated heterocycles. The summed E-state index contributed by atoms with van der Waals surface area (Å²) in [5.41, 5.74) is 3.17. The van der Waals surface area contributed by atoms with Gasteiger partial charge in [0, 0.05) is 37.4 Å². The van der Waals surface area contributed by atoms with Gasteiger partial charge >= 0.3 is 0 Å². The smallest absolute Gasteiger partial charge is 0.264 e. The van der Waals surface area contributed by atoms with Gasteiger partial charge in [-0.25, -0.2) is 0 Å². The van der Waals surface area contributed by atoms with Crippen molar-refractivity contribution in [2.24, 2.45) is 0 Å².